The van der Waals surface area contributed by atoms with Gasteiger partial charge in [0.15, 0.2) is 0 Å². The van der Waals surface area contributed by atoms with Gasteiger partial charge in [0.25, 0.3) is 11.6 Å². The summed E-state index contributed by atoms with van der Waals surface area (Å²) < 4.78 is 5.30. The lowest BCUT2D eigenvalue weighted by Crippen LogP contribution is -2.49. The maximum Gasteiger partial charge on any atom is 0.292 e. The lowest BCUT2D eigenvalue weighted by atomic mass is 9.98. The van der Waals surface area contributed by atoms with E-state index < -0.39 is 0 Å². The molecule has 3 aromatic carbocycles. The second kappa shape index (κ2) is 10.8. The van der Waals surface area contributed by atoms with E-state index in [1.54, 1.807) is 24.3 Å². The number of ether oxygens (including phenoxy) is 1. The lowest BCUT2D eigenvalue weighted by molar-refractivity contribution is -0.384. The number of nitro benzene ring substituents is 1. The molecule has 0 N–H and O–H groups in total. The number of hydrazone groups is 1. The summed E-state index contributed by atoms with van der Waals surface area (Å²) in [6.45, 7) is 2.72. The van der Waals surface area contributed by atoms with E-state index in [0.29, 0.717) is 38.3 Å². The molecular weight excluding hydrogens is 470 g/mol. The summed E-state index contributed by atoms with van der Waals surface area (Å²) >= 11 is 0. The third-order valence-corrected chi connectivity index (χ3v) is 6.92. The van der Waals surface area contributed by atoms with Crippen LogP contribution in [0.1, 0.15) is 23.6 Å². The number of anilines is 1. The van der Waals surface area contributed by atoms with Crippen LogP contribution in [0.5, 0.6) is 5.75 Å². The van der Waals surface area contributed by atoms with Gasteiger partial charge in [0, 0.05) is 38.7 Å². The standard InChI is InChI=1S/C28H29N5O4/c1-37-23-13-11-22(12-14-23)27-19-24(21-7-3-2-4-8-21)29-32(27)28(34)20-30-15-17-31(18-16-30)25-9-5-6-10-26(25)33(35)36/h2-14,27H,15-20H2,1H3. The van der Waals surface area contributed by atoms with Crippen LogP contribution in [-0.2, 0) is 4.79 Å². The number of hydrogen-bond acceptors (Lipinski definition) is 7. The number of nitro groups is 1. The fraction of sp³-hybridized carbons (Fsp3) is 0.286. The van der Waals surface area contributed by atoms with Gasteiger partial charge >= 0.3 is 0 Å². The topological polar surface area (TPSA) is 91.5 Å². The predicted octanol–water partition coefficient (Wildman–Crippen LogP) is 4.10. The molecule has 1 amide bonds. The van der Waals surface area contributed by atoms with E-state index in [1.165, 1.54) is 6.07 Å². The summed E-state index contributed by atoms with van der Waals surface area (Å²) in [5.41, 5.74) is 3.62. The van der Waals surface area contributed by atoms with E-state index in [1.807, 2.05) is 65.6 Å². The highest BCUT2D eigenvalue weighted by molar-refractivity contribution is 6.03. The zero-order valence-corrected chi connectivity index (χ0v) is 20.7. The zero-order chi connectivity index (χ0) is 25.8. The van der Waals surface area contributed by atoms with Gasteiger partial charge in [-0.15, -0.1) is 0 Å². The summed E-state index contributed by atoms with van der Waals surface area (Å²) in [5.74, 6) is 0.700. The molecule has 0 bridgehead atoms. The highest BCUT2D eigenvalue weighted by atomic mass is 16.6. The maximum absolute atomic E-state index is 13.5. The highest BCUT2D eigenvalue weighted by Gasteiger charge is 2.34. The van der Waals surface area contributed by atoms with Gasteiger partial charge in [-0.05, 0) is 29.3 Å². The van der Waals surface area contributed by atoms with Crippen LogP contribution in [-0.4, -0.2) is 66.3 Å². The number of para-hydroxylation sites is 2. The normalized spacial score (nSPS) is 18.0. The summed E-state index contributed by atoms with van der Waals surface area (Å²) in [7, 11) is 1.63. The van der Waals surface area contributed by atoms with E-state index in [0.717, 1.165) is 22.6 Å². The second-order valence-electron chi connectivity index (χ2n) is 9.15. The molecule has 9 heteroatoms. The van der Waals surface area contributed by atoms with Crippen molar-refractivity contribution >= 4 is 23.0 Å². The minimum absolute atomic E-state index is 0.0640. The fourth-order valence-electron chi connectivity index (χ4n) is 4.93. The molecule has 1 fully saturated rings. The number of rotatable bonds is 7. The van der Waals surface area contributed by atoms with E-state index in [-0.39, 0.29) is 29.1 Å². The Balaban J connectivity index is 1.29. The minimum Gasteiger partial charge on any atom is -0.497 e. The number of benzene rings is 3. The number of hydrogen-bond donors (Lipinski definition) is 0. The summed E-state index contributed by atoms with van der Waals surface area (Å²) in [6.07, 6.45) is 0.632. The number of carbonyl (C=O) groups excluding carboxylic acids is 1. The van der Waals surface area contributed by atoms with Gasteiger partial charge in [0.05, 0.1) is 30.3 Å². The largest absolute Gasteiger partial charge is 0.497 e. The van der Waals surface area contributed by atoms with Crippen LogP contribution in [0, 0.1) is 10.1 Å². The molecule has 2 heterocycles. The molecule has 190 valence electrons. The molecule has 5 rings (SSSR count). The molecule has 9 nitrogen and oxygen atoms in total. The molecular formula is C28H29N5O4. The van der Waals surface area contributed by atoms with E-state index in [2.05, 4.69) is 4.90 Å². The van der Waals surface area contributed by atoms with Crippen molar-refractivity contribution in [3.8, 4) is 5.75 Å². The number of amides is 1. The molecule has 2 aliphatic heterocycles. The van der Waals surface area contributed by atoms with Gasteiger partial charge in [0.1, 0.15) is 11.4 Å². The van der Waals surface area contributed by atoms with E-state index in [9.17, 15) is 14.9 Å². The summed E-state index contributed by atoms with van der Waals surface area (Å²) in [6, 6.07) is 24.3. The van der Waals surface area contributed by atoms with Crippen LogP contribution >= 0.6 is 0 Å². The summed E-state index contributed by atoms with van der Waals surface area (Å²) in [5, 5.41) is 17.8. The van der Waals surface area contributed by atoms with Gasteiger partial charge in [-0.3, -0.25) is 19.8 Å². The Hall–Kier alpha value is -4.24. The van der Waals surface area contributed by atoms with Gasteiger partial charge in [-0.1, -0.05) is 54.6 Å². The van der Waals surface area contributed by atoms with Crippen molar-refractivity contribution < 1.29 is 14.5 Å². The molecule has 2 aliphatic rings. The minimum atomic E-state index is -0.347. The average Bonchev–Trinajstić information content (AvgIpc) is 3.40. The van der Waals surface area contributed by atoms with Crippen LogP contribution in [0.15, 0.2) is 84.0 Å². The quantitative estimate of drug-likeness (QED) is 0.359. The first-order valence-corrected chi connectivity index (χ1v) is 12.3. The lowest BCUT2D eigenvalue weighted by Gasteiger charge is -2.36. The molecule has 0 spiro atoms. The van der Waals surface area contributed by atoms with Gasteiger partial charge < -0.3 is 9.64 Å². The Morgan fingerprint density at radius 3 is 2.32 bits per heavy atom. The predicted molar refractivity (Wildman–Crippen MR) is 142 cm³/mol. The number of methoxy groups -OCH3 is 1. The molecule has 0 aliphatic carbocycles. The van der Waals surface area contributed by atoms with Crippen LogP contribution in [0.3, 0.4) is 0 Å². The molecule has 37 heavy (non-hydrogen) atoms. The first-order valence-electron chi connectivity index (χ1n) is 12.3. The fourth-order valence-corrected chi connectivity index (χ4v) is 4.93. The Labute approximate surface area is 215 Å². The van der Waals surface area contributed by atoms with Crippen LogP contribution < -0.4 is 9.64 Å². The highest BCUT2D eigenvalue weighted by Crippen LogP contribution is 2.34. The Bertz CT molecular complexity index is 1290. The van der Waals surface area contributed by atoms with E-state index >= 15 is 0 Å². The molecule has 0 radical (unpaired) electrons. The monoisotopic (exact) mass is 499 g/mol. The third kappa shape index (κ3) is 5.31. The number of nitrogens with zero attached hydrogens (tertiary/aromatic N) is 5. The molecule has 1 unspecified atom stereocenters. The Morgan fingerprint density at radius 2 is 1.65 bits per heavy atom. The van der Waals surface area contributed by atoms with Crippen molar-refractivity contribution in [1.82, 2.24) is 9.91 Å². The van der Waals surface area contributed by atoms with Crippen molar-refractivity contribution in [3.05, 3.63) is 100 Å². The zero-order valence-electron chi connectivity index (χ0n) is 20.7. The SMILES string of the molecule is COc1ccc(C2CC(c3ccccc3)=NN2C(=O)CN2CCN(c3ccccc3[N+](=O)[O-])CC2)cc1. The first kappa shape index (κ1) is 24.5. The van der Waals surface area contributed by atoms with Crippen molar-refractivity contribution in [2.45, 2.75) is 12.5 Å². The van der Waals surface area contributed by atoms with Crippen molar-refractivity contribution in [2.24, 2.45) is 5.10 Å². The molecule has 1 saturated heterocycles. The van der Waals surface area contributed by atoms with Gasteiger partial charge in [0.2, 0.25) is 0 Å². The molecule has 1 atom stereocenters. The average molecular weight is 500 g/mol. The Kier molecular flexibility index (Phi) is 7.14. The second-order valence-corrected chi connectivity index (χ2v) is 9.15. The van der Waals surface area contributed by atoms with Crippen LogP contribution in [0.25, 0.3) is 0 Å². The van der Waals surface area contributed by atoms with Crippen molar-refractivity contribution in [1.29, 1.82) is 0 Å². The number of carbonyl (C=O) groups is 1. The van der Waals surface area contributed by atoms with Gasteiger partial charge in [-0.2, -0.15) is 5.10 Å². The maximum atomic E-state index is 13.5. The number of piperazine rings is 1. The first-order chi connectivity index (χ1) is 18.0. The van der Waals surface area contributed by atoms with Crippen LogP contribution in [0.2, 0.25) is 0 Å². The third-order valence-electron chi connectivity index (χ3n) is 6.92. The van der Waals surface area contributed by atoms with E-state index in [4.69, 9.17) is 9.84 Å². The Morgan fingerprint density at radius 1 is 0.973 bits per heavy atom. The molecule has 3 aromatic rings. The van der Waals surface area contributed by atoms with Crippen molar-refractivity contribution in [3.63, 3.8) is 0 Å². The van der Waals surface area contributed by atoms with Crippen LogP contribution in [0.4, 0.5) is 11.4 Å². The smallest absolute Gasteiger partial charge is 0.292 e. The summed E-state index contributed by atoms with van der Waals surface area (Å²) in [4.78, 5) is 28.7. The van der Waals surface area contributed by atoms with Crippen molar-refractivity contribution in [2.75, 3.05) is 44.7 Å². The van der Waals surface area contributed by atoms with Gasteiger partial charge in [-0.25, -0.2) is 5.01 Å². The molecule has 0 saturated carbocycles. The molecule has 0 aromatic heterocycles.